The van der Waals surface area contributed by atoms with Crippen molar-refractivity contribution >= 4 is 45.2 Å². The fourth-order valence-corrected chi connectivity index (χ4v) is 2.12. The molecule has 98 valence electrons. The van der Waals surface area contributed by atoms with Gasteiger partial charge in [0.15, 0.2) is 5.82 Å². The highest BCUT2D eigenvalue weighted by Crippen LogP contribution is 2.19. The number of nitrogens with one attached hydrogen (secondary N) is 1. The topological polar surface area (TPSA) is 93.8 Å². The molecule has 0 aliphatic carbocycles. The first kappa shape index (κ1) is 13.8. The number of hydrogen-bond acceptors (Lipinski definition) is 6. The predicted molar refractivity (Wildman–Crippen MR) is 77.7 cm³/mol. The Hall–Kier alpha value is -1.67. The summed E-state index contributed by atoms with van der Waals surface area (Å²) in [5.74, 6) is 0.841. The number of nitrogen functional groups attached to an aromatic ring is 1. The molecule has 19 heavy (non-hydrogen) atoms. The molecule has 2 aromatic rings. The number of carbonyl (C=O) groups excluding carboxylic acids is 1. The molecule has 0 unspecified atom stereocenters. The Morgan fingerprint density at radius 2 is 2.11 bits per heavy atom. The molecule has 0 aromatic carbocycles. The number of carbonyl (C=O) groups is 1. The molecule has 3 N–H and O–H groups in total. The Morgan fingerprint density at radius 3 is 2.79 bits per heavy atom. The van der Waals surface area contributed by atoms with Gasteiger partial charge in [-0.2, -0.15) is 0 Å². The molecule has 2 heterocycles. The molecular formula is C11H10BrN5OS. The standard InChI is InChI=1S/C11H10BrN5OS/c12-7-1-2-8(16-5-7)17-9(18)6-19-11-10(13)14-3-4-15-11/h1-5H,6H2,(H2,13,14)(H,16,17,18). The number of anilines is 2. The molecule has 0 aliphatic rings. The van der Waals surface area contributed by atoms with E-state index in [-0.39, 0.29) is 11.7 Å². The third-order valence-electron chi connectivity index (χ3n) is 2.03. The van der Waals surface area contributed by atoms with Gasteiger partial charge in [-0.3, -0.25) is 4.79 Å². The number of halogens is 1. The highest BCUT2D eigenvalue weighted by molar-refractivity contribution is 9.10. The number of rotatable bonds is 4. The van der Waals surface area contributed by atoms with Crippen LogP contribution in [0.25, 0.3) is 0 Å². The van der Waals surface area contributed by atoms with E-state index in [2.05, 4.69) is 36.2 Å². The monoisotopic (exact) mass is 339 g/mol. The molecular weight excluding hydrogens is 330 g/mol. The van der Waals surface area contributed by atoms with Crippen LogP contribution in [0.1, 0.15) is 0 Å². The molecule has 0 radical (unpaired) electrons. The molecule has 0 fully saturated rings. The van der Waals surface area contributed by atoms with Crippen LogP contribution in [0.3, 0.4) is 0 Å². The number of pyridine rings is 1. The number of hydrogen-bond donors (Lipinski definition) is 2. The predicted octanol–water partition coefficient (Wildman–Crippen LogP) is 1.95. The Kier molecular flexibility index (Phi) is 4.69. The van der Waals surface area contributed by atoms with Crippen molar-refractivity contribution in [3.8, 4) is 0 Å². The number of nitrogens with zero attached hydrogens (tertiary/aromatic N) is 3. The number of aromatic nitrogens is 3. The van der Waals surface area contributed by atoms with Gasteiger partial charge in [0, 0.05) is 23.1 Å². The van der Waals surface area contributed by atoms with Gasteiger partial charge in [0.25, 0.3) is 0 Å². The summed E-state index contributed by atoms with van der Waals surface area (Å²) < 4.78 is 0.854. The van der Waals surface area contributed by atoms with Gasteiger partial charge in [-0.05, 0) is 28.1 Å². The minimum Gasteiger partial charge on any atom is -0.381 e. The van der Waals surface area contributed by atoms with Gasteiger partial charge in [-0.15, -0.1) is 0 Å². The zero-order valence-electron chi connectivity index (χ0n) is 9.71. The van der Waals surface area contributed by atoms with E-state index in [0.29, 0.717) is 16.7 Å². The smallest absolute Gasteiger partial charge is 0.235 e. The maximum Gasteiger partial charge on any atom is 0.235 e. The van der Waals surface area contributed by atoms with Gasteiger partial charge in [0.2, 0.25) is 5.91 Å². The van der Waals surface area contributed by atoms with Crippen LogP contribution in [0.5, 0.6) is 0 Å². The van der Waals surface area contributed by atoms with E-state index >= 15 is 0 Å². The van der Waals surface area contributed by atoms with E-state index in [4.69, 9.17) is 5.73 Å². The summed E-state index contributed by atoms with van der Waals surface area (Å²) in [7, 11) is 0. The van der Waals surface area contributed by atoms with E-state index in [9.17, 15) is 4.79 Å². The van der Waals surface area contributed by atoms with Gasteiger partial charge in [0.05, 0.1) is 5.75 Å². The van der Waals surface area contributed by atoms with Crippen molar-refractivity contribution in [3.05, 3.63) is 35.2 Å². The molecule has 0 saturated carbocycles. The van der Waals surface area contributed by atoms with Crippen molar-refractivity contribution in [2.75, 3.05) is 16.8 Å². The van der Waals surface area contributed by atoms with Crippen LogP contribution in [0.2, 0.25) is 0 Å². The Labute approximate surface area is 122 Å². The number of nitrogens with two attached hydrogens (primary N) is 1. The van der Waals surface area contributed by atoms with Gasteiger partial charge >= 0.3 is 0 Å². The molecule has 1 amide bonds. The lowest BCUT2D eigenvalue weighted by atomic mass is 10.4. The Morgan fingerprint density at radius 1 is 1.32 bits per heavy atom. The van der Waals surface area contributed by atoms with Crippen molar-refractivity contribution in [1.82, 2.24) is 15.0 Å². The molecule has 6 nitrogen and oxygen atoms in total. The highest BCUT2D eigenvalue weighted by Gasteiger charge is 2.07. The van der Waals surface area contributed by atoms with Crippen molar-refractivity contribution in [3.63, 3.8) is 0 Å². The summed E-state index contributed by atoms with van der Waals surface area (Å²) >= 11 is 4.50. The lowest BCUT2D eigenvalue weighted by Gasteiger charge is -2.04. The van der Waals surface area contributed by atoms with E-state index in [0.717, 1.165) is 4.47 Å². The first-order valence-corrected chi connectivity index (χ1v) is 7.03. The molecule has 0 saturated heterocycles. The van der Waals surface area contributed by atoms with Gasteiger partial charge < -0.3 is 11.1 Å². The van der Waals surface area contributed by atoms with Gasteiger partial charge in [-0.1, -0.05) is 11.8 Å². The van der Waals surface area contributed by atoms with Crippen LogP contribution < -0.4 is 11.1 Å². The van der Waals surface area contributed by atoms with Crippen molar-refractivity contribution in [1.29, 1.82) is 0 Å². The number of amides is 1. The zero-order valence-corrected chi connectivity index (χ0v) is 12.1. The Bertz CT molecular complexity index is 578. The first-order valence-electron chi connectivity index (χ1n) is 5.26. The third kappa shape index (κ3) is 4.18. The SMILES string of the molecule is Nc1nccnc1SCC(=O)Nc1ccc(Br)cn1. The summed E-state index contributed by atoms with van der Waals surface area (Å²) in [5.41, 5.74) is 5.63. The second kappa shape index (κ2) is 6.48. The molecule has 0 bridgehead atoms. The van der Waals surface area contributed by atoms with Crippen LogP contribution in [0.15, 0.2) is 40.2 Å². The molecule has 2 rings (SSSR count). The van der Waals surface area contributed by atoms with Gasteiger partial charge in [0.1, 0.15) is 10.8 Å². The fourth-order valence-electron chi connectivity index (χ4n) is 1.21. The van der Waals surface area contributed by atoms with E-state index in [1.807, 2.05) is 0 Å². The van der Waals surface area contributed by atoms with Crippen LogP contribution in [-0.2, 0) is 4.79 Å². The average molecular weight is 340 g/mol. The minimum absolute atomic E-state index is 0.176. The molecule has 0 atom stereocenters. The van der Waals surface area contributed by atoms with Gasteiger partial charge in [-0.25, -0.2) is 15.0 Å². The lowest BCUT2D eigenvalue weighted by Crippen LogP contribution is -2.15. The maximum absolute atomic E-state index is 11.7. The fraction of sp³-hybridized carbons (Fsp3) is 0.0909. The first-order chi connectivity index (χ1) is 9.15. The van der Waals surface area contributed by atoms with E-state index in [1.165, 1.54) is 24.2 Å². The lowest BCUT2D eigenvalue weighted by molar-refractivity contribution is -0.113. The van der Waals surface area contributed by atoms with Crippen LogP contribution in [-0.4, -0.2) is 26.6 Å². The summed E-state index contributed by atoms with van der Waals surface area (Å²) in [6.07, 6.45) is 4.65. The highest BCUT2D eigenvalue weighted by atomic mass is 79.9. The van der Waals surface area contributed by atoms with Crippen molar-refractivity contribution in [2.24, 2.45) is 0 Å². The number of thioether (sulfide) groups is 1. The van der Waals surface area contributed by atoms with Crippen LogP contribution in [0.4, 0.5) is 11.6 Å². The van der Waals surface area contributed by atoms with Crippen molar-refractivity contribution < 1.29 is 4.79 Å². The summed E-state index contributed by atoms with van der Waals surface area (Å²) in [6.45, 7) is 0. The normalized spacial score (nSPS) is 10.2. The summed E-state index contributed by atoms with van der Waals surface area (Å²) in [4.78, 5) is 23.7. The second-order valence-electron chi connectivity index (χ2n) is 3.45. The molecule has 0 aliphatic heterocycles. The van der Waals surface area contributed by atoms with Crippen molar-refractivity contribution in [2.45, 2.75) is 5.03 Å². The molecule has 2 aromatic heterocycles. The second-order valence-corrected chi connectivity index (χ2v) is 5.32. The van der Waals surface area contributed by atoms with Crippen LogP contribution in [0, 0.1) is 0 Å². The largest absolute Gasteiger partial charge is 0.381 e. The minimum atomic E-state index is -0.176. The Balaban J connectivity index is 1.88. The van der Waals surface area contributed by atoms with Crippen LogP contribution >= 0.6 is 27.7 Å². The molecule has 0 spiro atoms. The third-order valence-corrected chi connectivity index (χ3v) is 3.49. The molecule has 8 heteroatoms. The summed E-state index contributed by atoms with van der Waals surface area (Å²) in [6, 6.07) is 3.51. The maximum atomic E-state index is 11.7. The quantitative estimate of drug-likeness (QED) is 0.827. The van der Waals surface area contributed by atoms with E-state index in [1.54, 1.807) is 18.3 Å². The van der Waals surface area contributed by atoms with E-state index < -0.39 is 0 Å². The zero-order chi connectivity index (χ0) is 13.7. The summed E-state index contributed by atoms with van der Waals surface area (Å²) in [5, 5.41) is 3.22. The average Bonchev–Trinajstić information content (AvgIpc) is 2.40.